The van der Waals surface area contributed by atoms with Crippen molar-refractivity contribution in [2.75, 3.05) is 0 Å². The van der Waals surface area contributed by atoms with Crippen molar-refractivity contribution in [2.45, 2.75) is 25.9 Å². The quantitative estimate of drug-likeness (QED) is 0.857. The van der Waals surface area contributed by atoms with Crippen LogP contribution in [-0.4, -0.2) is 5.11 Å². The first kappa shape index (κ1) is 11.0. The van der Waals surface area contributed by atoms with Crippen molar-refractivity contribution in [1.29, 1.82) is 0 Å². The first-order valence-electron chi connectivity index (χ1n) is 6.04. The summed E-state index contributed by atoms with van der Waals surface area (Å²) in [4.78, 5) is 1.14. The molecule has 1 aliphatic carbocycles. The minimum atomic E-state index is -0.303. The second-order valence-corrected chi connectivity index (χ2v) is 5.80. The van der Waals surface area contributed by atoms with Crippen molar-refractivity contribution in [3.05, 3.63) is 57.3 Å². The molecule has 1 nitrogen and oxygen atoms in total. The molecule has 0 saturated carbocycles. The first-order valence-corrected chi connectivity index (χ1v) is 6.92. The second-order valence-electron chi connectivity index (χ2n) is 4.85. The Morgan fingerprint density at radius 1 is 1.18 bits per heavy atom. The van der Waals surface area contributed by atoms with Gasteiger partial charge >= 0.3 is 0 Å². The SMILES string of the molecule is Cc1ccsc1C(O)C1Cc2ccccc2C1. The minimum Gasteiger partial charge on any atom is -0.387 e. The number of aliphatic hydroxyl groups excluding tert-OH is 1. The van der Waals surface area contributed by atoms with Crippen molar-refractivity contribution in [3.63, 3.8) is 0 Å². The average Bonchev–Trinajstić information content (AvgIpc) is 2.93. The molecule has 0 amide bonds. The average molecular weight is 244 g/mol. The predicted octanol–water partition coefficient (Wildman–Crippen LogP) is 3.50. The van der Waals surface area contributed by atoms with E-state index in [1.807, 2.05) is 0 Å². The molecule has 2 heteroatoms. The molecule has 1 heterocycles. The van der Waals surface area contributed by atoms with Crippen molar-refractivity contribution >= 4 is 11.3 Å². The van der Waals surface area contributed by atoms with Gasteiger partial charge in [0.15, 0.2) is 0 Å². The van der Waals surface area contributed by atoms with Crippen LogP contribution in [0.2, 0.25) is 0 Å². The highest BCUT2D eigenvalue weighted by Crippen LogP contribution is 2.37. The van der Waals surface area contributed by atoms with Gasteiger partial charge in [0.25, 0.3) is 0 Å². The van der Waals surface area contributed by atoms with Crippen molar-refractivity contribution < 1.29 is 5.11 Å². The molecule has 0 fully saturated rings. The maximum Gasteiger partial charge on any atom is 0.0919 e. The van der Waals surface area contributed by atoms with Gasteiger partial charge in [-0.05, 0) is 53.8 Å². The third kappa shape index (κ3) is 1.92. The van der Waals surface area contributed by atoms with Crippen molar-refractivity contribution in [3.8, 4) is 0 Å². The normalized spacial score (nSPS) is 17.1. The molecule has 1 aromatic carbocycles. The van der Waals surface area contributed by atoms with Gasteiger partial charge in [0.05, 0.1) is 6.10 Å². The third-order valence-corrected chi connectivity index (χ3v) is 4.79. The van der Waals surface area contributed by atoms with Crippen LogP contribution in [0.1, 0.15) is 27.7 Å². The number of aliphatic hydroxyl groups is 1. The maximum atomic E-state index is 10.5. The maximum absolute atomic E-state index is 10.5. The molecule has 1 aromatic heterocycles. The summed E-state index contributed by atoms with van der Waals surface area (Å²) in [6, 6.07) is 10.6. The van der Waals surface area contributed by atoms with E-state index < -0.39 is 0 Å². The summed E-state index contributed by atoms with van der Waals surface area (Å²) in [6.45, 7) is 2.08. The van der Waals surface area contributed by atoms with Crippen LogP contribution in [0.25, 0.3) is 0 Å². The molecule has 1 N–H and O–H groups in total. The van der Waals surface area contributed by atoms with Crippen LogP contribution in [-0.2, 0) is 12.8 Å². The molecule has 0 saturated heterocycles. The number of thiophene rings is 1. The minimum absolute atomic E-state index is 0.303. The van der Waals surface area contributed by atoms with E-state index in [4.69, 9.17) is 0 Å². The van der Waals surface area contributed by atoms with Crippen LogP contribution < -0.4 is 0 Å². The fraction of sp³-hybridized carbons (Fsp3) is 0.333. The number of fused-ring (bicyclic) bond motifs is 1. The van der Waals surface area contributed by atoms with Crippen LogP contribution in [0.4, 0.5) is 0 Å². The van der Waals surface area contributed by atoms with Crippen molar-refractivity contribution in [1.82, 2.24) is 0 Å². The van der Waals surface area contributed by atoms with Crippen LogP contribution in [0, 0.1) is 12.8 Å². The lowest BCUT2D eigenvalue weighted by Gasteiger charge is -2.17. The van der Waals surface area contributed by atoms with Gasteiger partial charge in [-0.3, -0.25) is 0 Å². The molecule has 1 atom stereocenters. The standard InChI is InChI=1S/C15H16OS/c1-10-6-7-17-15(10)14(16)13-8-11-4-2-3-5-12(11)9-13/h2-7,13-14,16H,8-9H2,1H3. The number of benzene rings is 1. The van der Waals surface area contributed by atoms with Gasteiger partial charge in [0, 0.05) is 4.88 Å². The fourth-order valence-electron chi connectivity index (χ4n) is 2.72. The summed E-state index contributed by atoms with van der Waals surface area (Å²) in [5, 5.41) is 12.5. The lowest BCUT2D eigenvalue weighted by atomic mass is 9.96. The number of hydrogen-bond acceptors (Lipinski definition) is 2. The van der Waals surface area contributed by atoms with Gasteiger partial charge in [0.1, 0.15) is 0 Å². The van der Waals surface area contributed by atoms with Gasteiger partial charge < -0.3 is 5.11 Å². The molecule has 0 bridgehead atoms. The Labute approximate surface area is 106 Å². The lowest BCUT2D eigenvalue weighted by molar-refractivity contribution is 0.116. The Morgan fingerprint density at radius 3 is 2.35 bits per heavy atom. The van der Waals surface area contributed by atoms with E-state index in [0.29, 0.717) is 5.92 Å². The van der Waals surface area contributed by atoms with Gasteiger partial charge in [-0.15, -0.1) is 11.3 Å². The zero-order chi connectivity index (χ0) is 11.8. The van der Waals surface area contributed by atoms with E-state index in [-0.39, 0.29) is 6.10 Å². The molecular weight excluding hydrogens is 228 g/mol. The predicted molar refractivity (Wildman–Crippen MR) is 71.4 cm³/mol. The fourth-order valence-corrected chi connectivity index (χ4v) is 3.72. The van der Waals surface area contributed by atoms with E-state index >= 15 is 0 Å². The highest BCUT2D eigenvalue weighted by atomic mass is 32.1. The highest BCUT2D eigenvalue weighted by Gasteiger charge is 2.29. The molecule has 88 valence electrons. The molecular formula is C15H16OS. The Hall–Kier alpha value is -1.12. The summed E-state index contributed by atoms with van der Waals surface area (Å²) in [5.74, 6) is 0.352. The van der Waals surface area contributed by atoms with Crippen LogP contribution in [0.3, 0.4) is 0 Å². The molecule has 0 spiro atoms. The number of rotatable bonds is 2. The second kappa shape index (κ2) is 4.28. The van der Waals surface area contributed by atoms with Gasteiger partial charge in [-0.1, -0.05) is 24.3 Å². The summed E-state index contributed by atoms with van der Waals surface area (Å²) in [7, 11) is 0. The Balaban J connectivity index is 1.83. The molecule has 0 radical (unpaired) electrons. The number of aryl methyl sites for hydroxylation is 1. The summed E-state index contributed by atoms with van der Waals surface area (Å²) in [6.07, 6.45) is 1.71. The zero-order valence-electron chi connectivity index (χ0n) is 9.89. The monoisotopic (exact) mass is 244 g/mol. The summed E-state index contributed by atoms with van der Waals surface area (Å²) >= 11 is 1.67. The van der Waals surface area contributed by atoms with E-state index in [9.17, 15) is 5.11 Å². The first-order chi connectivity index (χ1) is 8.25. The van der Waals surface area contributed by atoms with E-state index in [0.717, 1.165) is 17.7 Å². The number of hydrogen-bond donors (Lipinski definition) is 1. The molecule has 3 rings (SSSR count). The van der Waals surface area contributed by atoms with Gasteiger partial charge in [0.2, 0.25) is 0 Å². The highest BCUT2D eigenvalue weighted by molar-refractivity contribution is 7.10. The smallest absolute Gasteiger partial charge is 0.0919 e. The van der Waals surface area contributed by atoms with Crippen molar-refractivity contribution in [2.24, 2.45) is 5.92 Å². The van der Waals surface area contributed by atoms with E-state index in [1.165, 1.54) is 16.7 Å². The van der Waals surface area contributed by atoms with Crippen LogP contribution >= 0.6 is 11.3 Å². The lowest BCUT2D eigenvalue weighted by Crippen LogP contribution is -2.12. The molecule has 17 heavy (non-hydrogen) atoms. The summed E-state index contributed by atoms with van der Waals surface area (Å²) in [5.41, 5.74) is 4.04. The third-order valence-electron chi connectivity index (χ3n) is 3.70. The van der Waals surface area contributed by atoms with E-state index in [2.05, 4.69) is 42.6 Å². The van der Waals surface area contributed by atoms with E-state index in [1.54, 1.807) is 11.3 Å². The molecule has 0 aliphatic heterocycles. The van der Waals surface area contributed by atoms with Crippen LogP contribution in [0.5, 0.6) is 0 Å². The molecule has 2 aromatic rings. The van der Waals surface area contributed by atoms with Gasteiger partial charge in [-0.2, -0.15) is 0 Å². The van der Waals surface area contributed by atoms with Crippen LogP contribution in [0.15, 0.2) is 35.7 Å². The molecule has 1 unspecified atom stereocenters. The molecule has 1 aliphatic rings. The van der Waals surface area contributed by atoms with Gasteiger partial charge in [-0.25, -0.2) is 0 Å². The topological polar surface area (TPSA) is 20.2 Å². The zero-order valence-corrected chi connectivity index (χ0v) is 10.7. The summed E-state index contributed by atoms with van der Waals surface area (Å²) < 4.78 is 0. The Bertz CT molecular complexity index is 504. The Kier molecular flexibility index (Phi) is 2.77. The largest absolute Gasteiger partial charge is 0.387 e. The Morgan fingerprint density at radius 2 is 1.82 bits per heavy atom.